The van der Waals surface area contributed by atoms with Gasteiger partial charge < -0.3 is 10.1 Å². The number of benzene rings is 2. The molecule has 180 valence electrons. The molecule has 0 fully saturated rings. The predicted octanol–water partition coefficient (Wildman–Crippen LogP) is 3.66. The Morgan fingerprint density at radius 1 is 1.09 bits per heavy atom. The third kappa shape index (κ3) is 4.96. The van der Waals surface area contributed by atoms with Crippen molar-refractivity contribution in [2.75, 3.05) is 11.9 Å². The van der Waals surface area contributed by atoms with Crippen LogP contribution in [0.3, 0.4) is 0 Å². The summed E-state index contributed by atoms with van der Waals surface area (Å²) in [5, 5.41) is 12.0. The summed E-state index contributed by atoms with van der Waals surface area (Å²) in [4.78, 5) is 37.9. The van der Waals surface area contributed by atoms with Gasteiger partial charge in [0.2, 0.25) is 5.91 Å². The van der Waals surface area contributed by atoms with E-state index in [4.69, 9.17) is 4.74 Å². The number of anilines is 1. The third-order valence-corrected chi connectivity index (χ3v) is 5.30. The smallest absolute Gasteiger partial charge is 0.338 e. The number of esters is 1. The highest BCUT2D eigenvalue weighted by molar-refractivity contribution is 5.93. The fraction of sp³-hybridized carbons (Fsp3) is 0.240. The zero-order valence-electron chi connectivity index (χ0n) is 19.5. The maximum absolute atomic E-state index is 13.4. The van der Waals surface area contributed by atoms with Crippen molar-refractivity contribution in [3.05, 3.63) is 82.2 Å². The van der Waals surface area contributed by atoms with E-state index in [1.165, 1.54) is 28.9 Å². The number of carbonyl (C=O) groups excluding carboxylic acids is 2. The first kappa shape index (κ1) is 23.8. The zero-order chi connectivity index (χ0) is 25.1. The average Bonchev–Trinajstić information content (AvgIpc) is 3.27. The lowest BCUT2D eigenvalue weighted by Crippen LogP contribution is -2.31. The van der Waals surface area contributed by atoms with Crippen LogP contribution in [0.25, 0.3) is 16.6 Å². The van der Waals surface area contributed by atoms with Gasteiger partial charge in [-0.3, -0.25) is 9.59 Å². The van der Waals surface area contributed by atoms with Crippen molar-refractivity contribution < 1.29 is 18.7 Å². The molecule has 35 heavy (non-hydrogen) atoms. The number of aromatic nitrogens is 4. The highest BCUT2D eigenvalue weighted by Crippen LogP contribution is 2.23. The number of nitrogens with one attached hydrogen (secondary N) is 1. The first-order valence-corrected chi connectivity index (χ1v) is 11.1. The number of halogens is 1. The Morgan fingerprint density at radius 2 is 1.77 bits per heavy atom. The minimum atomic E-state index is -0.501. The molecule has 2 aromatic heterocycles. The van der Waals surface area contributed by atoms with Crippen LogP contribution in [0, 0.1) is 5.82 Å². The maximum Gasteiger partial charge on any atom is 0.338 e. The van der Waals surface area contributed by atoms with Crippen LogP contribution in [0.4, 0.5) is 10.1 Å². The van der Waals surface area contributed by atoms with Gasteiger partial charge in [-0.05, 0) is 61.4 Å². The van der Waals surface area contributed by atoms with E-state index in [0.29, 0.717) is 28.0 Å². The van der Waals surface area contributed by atoms with E-state index in [-0.39, 0.29) is 24.6 Å². The summed E-state index contributed by atoms with van der Waals surface area (Å²) in [5.74, 6) is -1.37. The zero-order valence-corrected chi connectivity index (χ0v) is 19.5. The van der Waals surface area contributed by atoms with E-state index in [9.17, 15) is 18.8 Å². The molecule has 4 rings (SSSR count). The first-order valence-electron chi connectivity index (χ1n) is 11.1. The third-order valence-electron chi connectivity index (χ3n) is 5.30. The number of fused-ring (bicyclic) bond motifs is 1. The van der Waals surface area contributed by atoms with Gasteiger partial charge in [-0.2, -0.15) is 10.2 Å². The van der Waals surface area contributed by atoms with Crippen LogP contribution in [0.2, 0.25) is 0 Å². The number of carbonyl (C=O) groups is 2. The summed E-state index contributed by atoms with van der Waals surface area (Å²) in [6.07, 6.45) is 1.55. The lowest BCUT2D eigenvalue weighted by molar-refractivity contribution is -0.117. The van der Waals surface area contributed by atoms with Gasteiger partial charge in [-0.1, -0.05) is 13.8 Å². The molecule has 1 N–H and O–H groups in total. The number of ether oxygens (including phenoxy) is 1. The Morgan fingerprint density at radius 3 is 2.40 bits per heavy atom. The van der Waals surface area contributed by atoms with Crippen LogP contribution in [0.1, 0.15) is 42.7 Å². The highest BCUT2D eigenvalue weighted by atomic mass is 19.1. The molecule has 2 aromatic carbocycles. The number of hydrogen-bond donors (Lipinski definition) is 1. The van der Waals surface area contributed by atoms with Crippen molar-refractivity contribution >= 4 is 28.5 Å². The molecule has 0 bridgehead atoms. The van der Waals surface area contributed by atoms with Gasteiger partial charge >= 0.3 is 5.97 Å². The van der Waals surface area contributed by atoms with Crippen LogP contribution in [-0.2, 0) is 16.1 Å². The van der Waals surface area contributed by atoms with Crippen LogP contribution in [0.15, 0.2) is 59.5 Å². The second-order valence-corrected chi connectivity index (χ2v) is 8.14. The fourth-order valence-corrected chi connectivity index (χ4v) is 3.65. The van der Waals surface area contributed by atoms with Gasteiger partial charge in [0.25, 0.3) is 5.56 Å². The molecule has 0 aliphatic carbocycles. The molecular weight excluding hydrogens is 453 g/mol. The summed E-state index contributed by atoms with van der Waals surface area (Å²) in [6, 6.07) is 11.9. The van der Waals surface area contributed by atoms with E-state index in [2.05, 4.69) is 15.5 Å². The number of rotatable bonds is 7. The standard InChI is InChI=1S/C25H24FN5O4/c1-4-35-25(34)16-5-9-18(10-6-16)28-21(32)14-30-24(33)23-20(22(29-30)15(2)3)13-27-31(23)19-11-7-17(26)8-12-19/h5-13,15H,4,14H2,1-3H3,(H,28,32). The highest BCUT2D eigenvalue weighted by Gasteiger charge is 2.20. The summed E-state index contributed by atoms with van der Waals surface area (Å²) >= 11 is 0. The maximum atomic E-state index is 13.4. The second-order valence-electron chi connectivity index (χ2n) is 8.14. The van der Waals surface area contributed by atoms with Crippen LogP contribution >= 0.6 is 0 Å². The molecule has 9 nitrogen and oxygen atoms in total. The molecule has 0 spiro atoms. The Kier molecular flexibility index (Phi) is 6.72. The van der Waals surface area contributed by atoms with E-state index in [1.807, 2.05) is 13.8 Å². The first-order chi connectivity index (χ1) is 16.8. The molecule has 2 heterocycles. The molecule has 0 atom stereocenters. The predicted molar refractivity (Wildman–Crippen MR) is 128 cm³/mol. The van der Waals surface area contributed by atoms with Crippen LogP contribution in [0.5, 0.6) is 0 Å². The lowest BCUT2D eigenvalue weighted by atomic mass is 10.1. The Labute approximate surface area is 200 Å². The minimum Gasteiger partial charge on any atom is -0.462 e. The molecule has 0 saturated carbocycles. The van der Waals surface area contributed by atoms with Gasteiger partial charge in [0.05, 0.1) is 29.7 Å². The van der Waals surface area contributed by atoms with E-state index in [0.717, 1.165) is 4.68 Å². The molecule has 0 aliphatic rings. The van der Waals surface area contributed by atoms with E-state index >= 15 is 0 Å². The topological polar surface area (TPSA) is 108 Å². The van der Waals surface area contributed by atoms with Crippen molar-refractivity contribution in [1.82, 2.24) is 19.6 Å². The van der Waals surface area contributed by atoms with Crippen LogP contribution in [-0.4, -0.2) is 38.0 Å². The summed E-state index contributed by atoms with van der Waals surface area (Å²) in [5.41, 5.74) is 1.69. The quantitative estimate of drug-likeness (QED) is 0.407. The van der Waals surface area contributed by atoms with Crippen molar-refractivity contribution in [1.29, 1.82) is 0 Å². The van der Waals surface area contributed by atoms with Crippen molar-refractivity contribution in [3.8, 4) is 5.69 Å². The largest absolute Gasteiger partial charge is 0.462 e. The Balaban J connectivity index is 1.65. The lowest BCUT2D eigenvalue weighted by Gasteiger charge is -2.12. The molecule has 4 aromatic rings. The fourth-order valence-electron chi connectivity index (χ4n) is 3.65. The van der Waals surface area contributed by atoms with E-state index in [1.54, 1.807) is 37.4 Å². The van der Waals surface area contributed by atoms with Gasteiger partial charge in [0.1, 0.15) is 17.9 Å². The second kappa shape index (κ2) is 9.88. The molecule has 0 aliphatic heterocycles. The minimum absolute atomic E-state index is 0.0475. The molecule has 1 amide bonds. The normalized spacial score (nSPS) is 11.1. The van der Waals surface area contributed by atoms with Crippen molar-refractivity contribution in [3.63, 3.8) is 0 Å². The van der Waals surface area contributed by atoms with Gasteiger partial charge in [-0.15, -0.1) is 0 Å². The monoisotopic (exact) mass is 477 g/mol. The molecule has 10 heteroatoms. The Bertz CT molecular complexity index is 1440. The molecule has 0 radical (unpaired) electrons. The number of amides is 1. The molecular formula is C25H24FN5O4. The molecule has 0 saturated heterocycles. The van der Waals surface area contributed by atoms with Gasteiger partial charge in [-0.25, -0.2) is 18.5 Å². The Hall–Kier alpha value is -4.34. The van der Waals surface area contributed by atoms with Crippen molar-refractivity contribution in [2.24, 2.45) is 0 Å². The van der Waals surface area contributed by atoms with Gasteiger partial charge in [0, 0.05) is 11.1 Å². The SMILES string of the molecule is CCOC(=O)c1ccc(NC(=O)Cn2nc(C(C)C)c3cnn(-c4ccc(F)cc4)c3c2=O)cc1. The molecule has 0 unspecified atom stereocenters. The summed E-state index contributed by atoms with van der Waals surface area (Å²) in [7, 11) is 0. The van der Waals surface area contributed by atoms with E-state index < -0.39 is 23.3 Å². The summed E-state index contributed by atoms with van der Waals surface area (Å²) in [6.45, 7) is 5.51. The number of hydrogen-bond acceptors (Lipinski definition) is 6. The van der Waals surface area contributed by atoms with Gasteiger partial charge in [0.15, 0.2) is 0 Å². The summed E-state index contributed by atoms with van der Waals surface area (Å²) < 4.78 is 20.9. The van der Waals surface area contributed by atoms with Crippen molar-refractivity contribution in [2.45, 2.75) is 33.2 Å². The number of nitrogens with zero attached hydrogens (tertiary/aromatic N) is 4. The van der Waals surface area contributed by atoms with Crippen LogP contribution < -0.4 is 10.9 Å². The average molecular weight is 477 g/mol.